The first-order chi connectivity index (χ1) is 12.2. The van der Waals surface area contributed by atoms with Gasteiger partial charge in [-0.05, 0) is 52.2 Å². The molecule has 7 nitrogen and oxygen atoms in total. The molecule has 1 atom stereocenters. The molecular formula is C19H30N2O5. The summed E-state index contributed by atoms with van der Waals surface area (Å²) in [4.78, 5) is 23.7. The van der Waals surface area contributed by atoms with Crippen LogP contribution < -0.4 is 15.8 Å². The molecule has 0 aliphatic carbocycles. The Hall–Kier alpha value is -2.28. The Labute approximate surface area is 154 Å². The van der Waals surface area contributed by atoms with Crippen LogP contribution in [0.3, 0.4) is 0 Å². The fourth-order valence-electron chi connectivity index (χ4n) is 2.52. The Kier molecular flexibility index (Phi) is 8.38. The minimum atomic E-state index is -0.563. The fourth-order valence-corrected chi connectivity index (χ4v) is 2.52. The average molecular weight is 366 g/mol. The van der Waals surface area contributed by atoms with Gasteiger partial charge in [0.05, 0.1) is 6.61 Å². The number of amides is 2. The topological polar surface area (TPSA) is 111 Å². The molecule has 4 N–H and O–H groups in total. The van der Waals surface area contributed by atoms with Gasteiger partial charge in [-0.2, -0.15) is 0 Å². The van der Waals surface area contributed by atoms with Crippen LogP contribution in [0.5, 0.6) is 5.75 Å². The quantitative estimate of drug-likeness (QED) is 0.621. The van der Waals surface area contributed by atoms with Gasteiger partial charge in [-0.15, -0.1) is 0 Å². The number of aliphatic hydroxyl groups excluding tert-OH is 1. The van der Waals surface area contributed by atoms with E-state index >= 15 is 0 Å². The Balaban J connectivity index is 2.85. The third kappa shape index (κ3) is 7.31. The monoisotopic (exact) mass is 366 g/mol. The van der Waals surface area contributed by atoms with E-state index in [0.29, 0.717) is 36.1 Å². The van der Waals surface area contributed by atoms with Gasteiger partial charge in [0.2, 0.25) is 5.91 Å². The van der Waals surface area contributed by atoms with Crippen molar-refractivity contribution in [1.82, 2.24) is 5.32 Å². The van der Waals surface area contributed by atoms with Crippen molar-refractivity contribution in [3.05, 3.63) is 29.3 Å². The molecule has 146 valence electrons. The molecule has 0 aliphatic heterocycles. The first kappa shape index (κ1) is 21.8. The molecular weight excluding hydrogens is 336 g/mol. The van der Waals surface area contributed by atoms with Gasteiger partial charge < -0.3 is 25.6 Å². The van der Waals surface area contributed by atoms with Crippen LogP contribution in [0, 0.1) is 0 Å². The van der Waals surface area contributed by atoms with Crippen LogP contribution >= 0.6 is 0 Å². The lowest BCUT2D eigenvalue weighted by Crippen LogP contribution is -2.39. The number of hydrogen-bond acceptors (Lipinski definition) is 5. The molecule has 0 radical (unpaired) electrons. The molecule has 1 aromatic rings. The summed E-state index contributed by atoms with van der Waals surface area (Å²) in [5.74, 6) is -0.0231. The number of nitrogens with one attached hydrogen (secondary N) is 1. The molecule has 2 amide bonds. The van der Waals surface area contributed by atoms with Crippen LogP contribution in [0.25, 0.3) is 0 Å². The lowest BCUT2D eigenvalue weighted by Gasteiger charge is -2.23. The highest BCUT2D eigenvalue weighted by atomic mass is 16.6. The maximum Gasteiger partial charge on any atom is 0.407 e. The van der Waals surface area contributed by atoms with Crippen LogP contribution in [0.4, 0.5) is 4.79 Å². The Morgan fingerprint density at radius 3 is 2.54 bits per heavy atom. The van der Waals surface area contributed by atoms with E-state index in [-0.39, 0.29) is 19.3 Å². The first-order valence-electron chi connectivity index (χ1n) is 8.82. The van der Waals surface area contributed by atoms with Gasteiger partial charge in [-0.1, -0.05) is 13.0 Å². The number of nitrogens with two attached hydrogens (primary N) is 1. The van der Waals surface area contributed by atoms with Crippen LogP contribution in [-0.4, -0.2) is 42.0 Å². The van der Waals surface area contributed by atoms with E-state index in [2.05, 4.69) is 5.32 Å². The van der Waals surface area contributed by atoms with Crippen LogP contribution in [0.1, 0.15) is 56.5 Å². The molecule has 0 saturated carbocycles. The fraction of sp³-hybridized carbons (Fsp3) is 0.579. The molecule has 7 heteroatoms. The molecule has 0 fully saturated rings. The second kappa shape index (κ2) is 10.0. The van der Waals surface area contributed by atoms with Crippen LogP contribution in [-0.2, 0) is 11.2 Å². The molecule has 1 aromatic carbocycles. The smallest absolute Gasteiger partial charge is 0.407 e. The third-order valence-corrected chi connectivity index (χ3v) is 3.70. The number of carbonyl (C=O) groups excluding carboxylic acids is 2. The van der Waals surface area contributed by atoms with E-state index in [1.54, 1.807) is 39.0 Å². The molecule has 0 spiro atoms. The highest BCUT2D eigenvalue weighted by Crippen LogP contribution is 2.25. The van der Waals surface area contributed by atoms with Crippen LogP contribution in [0.2, 0.25) is 0 Å². The van der Waals surface area contributed by atoms with Crippen molar-refractivity contribution in [2.45, 2.75) is 58.6 Å². The second-order valence-electron chi connectivity index (χ2n) is 7.01. The van der Waals surface area contributed by atoms with Gasteiger partial charge >= 0.3 is 6.09 Å². The van der Waals surface area contributed by atoms with Crippen molar-refractivity contribution in [2.24, 2.45) is 5.73 Å². The van der Waals surface area contributed by atoms with Gasteiger partial charge in [-0.3, -0.25) is 4.79 Å². The number of hydrogen-bond donors (Lipinski definition) is 3. The Morgan fingerprint density at radius 2 is 2.00 bits per heavy atom. The van der Waals surface area contributed by atoms with E-state index in [1.807, 2.05) is 6.92 Å². The normalized spacial score (nSPS) is 12.3. The minimum Gasteiger partial charge on any atom is -0.491 e. The second-order valence-corrected chi connectivity index (χ2v) is 7.01. The van der Waals surface area contributed by atoms with Gasteiger partial charge in [-0.25, -0.2) is 4.79 Å². The van der Waals surface area contributed by atoms with Crippen molar-refractivity contribution in [2.75, 3.05) is 13.2 Å². The van der Waals surface area contributed by atoms with E-state index in [1.165, 1.54) is 0 Å². The van der Waals surface area contributed by atoms with Crippen LogP contribution in [0.15, 0.2) is 18.2 Å². The molecule has 0 unspecified atom stereocenters. The number of primary amides is 1. The van der Waals surface area contributed by atoms with Gasteiger partial charge in [0.1, 0.15) is 18.0 Å². The highest BCUT2D eigenvalue weighted by Gasteiger charge is 2.20. The molecule has 1 rings (SSSR count). The molecule has 26 heavy (non-hydrogen) atoms. The Morgan fingerprint density at radius 1 is 1.31 bits per heavy atom. The largest absolute Gasteiger partial charge is 0.491 e. The number of alkyl carbamates (subject to hydrolysis) is 1. The highest BCUT2D eigenvalue weighted by molar-refractivity contribution is 5.95. The van der Waals surface area contributed by atoms with E-state index in [4.69, 9.17) is 20.3 Å². The lowest BCUT2D eigenvalue weighted by atomic mass is 9.97. The summed E-state index contributed by atoms with van der Waals surface area (Å²) in [6.45, 7) is 7.38. The molecule has 0 bridgehead atoms. The lowest BCUT2D eigenvalue weighted by molar-refractivity contribution is 0.0500. The van der Waals surface area contributed by atoms with Crippen molar-refractivity contribution in [1.29, 1.82) is 0 Å². The van der Waals surface area contributed by atoms with Crippen molar-refractivity contribution in [3.8, 4) is 5.75 Å². The predicted molar refractivity (Wildman–Crippen MR) is 99.3 cm³/mol. The first-order valence-corrected chi connectivity index (χ1v) is 8.82. The zero-order chi connectivity index (χ0) is 19.7. The SMILES string of the molecule is CC[C@H](CCc1c(OCCO)cccc1C(N)=O)NC(=O)OC(C)(C)C. The molecule has 0 saturated heterocycles. The zero-order valence-electron chi connectivity index (χ0n) is 16.0. The summed E-state index contributed by atoms with van der Waals surface area (Å²) in [6, 6.07) is 4.95. The minimum absolute atomic E-state index is 0.114. The van der Waals surface area contributed by atoms with Crippen molar-refractivity contribution < 1.29 is 24.2 Å². The van der Waals surface area contributed by atoms with E-state index in [0.717, 1.165) is 0 Å². The zero-order valence-corrected chi connectivity index (χ0v) is 16.0. The third-order valence-electron chi connectivity index (χ3n) is 3.70. The molecule has 0 aromatic heterocycles. The van der Waals surface area contributed by atoms with Crippen molar-refractivity contribution in [3.63, 3.8) is 0 Å². The van der Waals surface area contributed by atoms with Gasteiger partial charge in [0.25, 0.3) is 0 Å². The maximum absolute atomic E-state index is 12.0. The summed E-state index contributed by atoms with van der Waals surface area (Å²) in [6.07, 6.45) is 1.33. The summed E-state index contributed by atoms with van der Waals surface area (Å²) in [5, 5.41) is 11.8. The maximum atomic E-state index is 12.0. The summed E-state index contributed by atoms with van der Waals surface area (Å²) >= 11 is 0. The van der Waals surface area contributed by atoms with Crippen molar-refractivity contribution >= 4 is 12.0 Å². The number of benzene rings is 1. The van der Waals surface area contributed by atoms with Gasteiger partial charge in [0, 0.05) is 17.2 Å². The summed E-state index contributed by atoms with van der Waals surface area (Å²) in [5.41, 5.74) is 5.96. The molecule has 0 aliphatic rings. The number of rotatable bonds is 9. The van der Waals surface area contributed by atoms with Gasteiger partial charge in [0.15, 0.2) is 0 Å². The Bertz CT molecular complexity index is 610. The summed E-state index contributed by atoms with van der Waals surface area (Å²) < 4.78 is 10.8. The van der Waals surface area contributed by atoms with E-state index < -0.39 is 17.6 Å². The van der Waals surface area contributed by atoms with E-state index in [9.17, 15) is 9.59 Å². The average Bonchev–Trinajstić information content (AvgIpc) is 2.54. The predicted octanol–water partition coefficient (Wildman–Crippen LogP) is 2.39. The molecule has 0 heterocycles. The standard InChI is InChI=1S/C19H30N2O5/c1-5-13(21-18(24)26-19(2,3)4)9-10-14-15(17(20)23)7-6-8-16(14)25-12-11-22/h6-8,13,22H,5,9-12H2,1-4H3,(H2,20,23)(H,21,24)/t13-/m1/s1. The number of ether oxygens (including phenoxy) is 2. The number of carbonyl (C=O) groups is 2. The number of aliphatic hydroxyl groups is 1. The summed E-state index contributed by atoms with van der Waals surface area (Å²) in [7, 11) is 0.